The Kier molecular flexibility index (Phi) is 6.18. The first kappa shape index (κ1) is 20.5. The lowest BCUT2D eigenvalue weighted by atomic mass is 9.83. The summed E-state index contributed by atoms with van der Waals surface area (Å²) in [7, 11) is 0. The smallest absolute Gasteiger partial charge is 0.264 e. The lowest BCUT2D eigenvalue weighted by Crippen LogP contribution is -2.54. The fraction of sp³-hybridized carbons (Fsp3) is 0.435. The Hall–Kier alpha value is -2.21. The highest BCUT2D eigenvalue weighted by Gasteiger charge is 2.43. The van der Waals surface area contributed by atoms with Crippen molar-refractivity contribution in [1.29, 1.82) is 0 Å². The molecule has 0 spiro atoms. The molecule has 3 rings (SSSR count). The van der Waals surface area contributed by atoms with Crippen molar-refractivity contribution in [3.8, 4) is 0 Å². The van der Waals surface area contributed by atoms with E-state index in [0.717, 1.165) is 11.1 Å². The fourth-order valence-electron chi connectivity index (χ4n) is 4.02. The van der Waals surface area contributed by atoms with E-state index in [1.807, 2.05) is 57.2 Å². The van der Waals surface area contributed by atoms with Crippen LogP contribution in [0.2, 0.25) is 0 Å². The van der Waals surface area contributed by atoms with Gasteiger partial charge in [-0.05, 0) is 38.3 Å². The van der Waals surface area contributed by atoms with Gasteiger partial charge in [0.2, 0.25) is 0 Å². The Morgan fingerprint density at radius 1 is 1.04 bits per heavy atom. The van der Waals surface area contributed by atoms with Gasteiger partial charge in [0.1, 0.15) is 0 Å². The summed E-state index contributed by atoms with van der Waals surface area (Å²) in [6.45, 7) is 5.90. The summed E-state index contributed by atoms with van der Waals surface area (Å²) in [5.41, 5.74) is 1.76. The normalized spacial score (nSPS) is 21.6. The van der Waals surface area contributed by atoms with Crippen LogP contribution in [-0.4, -0.2) is 51.5 Å². The molecule has 0 saturated carbocycles. The largest absolute Gasteiger partial charge is 0.392 e. The third-order valence-electron chi connectivity index (χ3n) is 5.11. The summed E-state index contributed by atoms with van der Waals surface area (Å²) in [4.78, 5) is 14.3. The molecular weight excluding hydrogens is 352 g/mol. The summed E-state index contributed by atoms with van der Waals surface area (Å²) >= 11 is 0. The standard InChI is InChI=1S/C23H30N2O3/c1-23(2,3)24-21(27)22(28)25-15-18(26)14-19(25)20(16-10-6-4-7-11-16)17-12-8-5-9-13-17/h4-13,18-20,22,26,28H,14-15H2,1-3H3,(H,24,27). The maximum absolute atomic E-state index is 12.6. The third kappa shape index (κ3) is 4.79. The van der Waals surface area contributed by atoms with Crippen molar-refractivity contribution in [3.05, 3.63) is 71.8 Å². The quantitative estimate of drug-likeness (QED) is 0.743. The second-order valence-corrected chi connectivity index (χ2v) is 8.57. The third-order valence-corrected chi connectivity index (χ3v) is 5.11. The first-order chi connectivity index (χ1) is 13.3. The van der Waals surface area contributed by atoms with Gasteiger partial charge in [0.05, 0.1) is 6.10 Å². The number of likely N-dealkylation sites (tertiary alicyclic amines) is 1. The molecule has 2 aromatic carbocycles. The predicted molar refractivity (Wildman–Crippen MR) is 110 cm³/mol. The SMILES string of the molecule is CC(C)(C)NC(=O)C(O)N1CC(O)CC1C(c1ccccc1)c1ccccc1. The number of nitrogens with zero attached hydrogens (tertiary/aromatic N) is 1. The highest BCUT2D eigenvalue weighted by Crippen LogP contribution is 2.37. The molecule has 3 N–H and O–H groups in total. The topological polar surface area (TPSA) is 72.8 Å². The molecule has 1 amide bonds. The Bertz CT molecular complexity index is 734. The van der Waals surface area contributed by atoms with Crippen LogP contribution in [0, 0.1) is 0 Å². The van der Waals surface area contributed by atoms with Gasteiger partial charge in [-0.3, -0.25) is 9.69 Å². The van der Waals surface area contributed by atoms with Crippen molar-refractivity contribution < 1.29 is 15.0 Å². The second kappa shape index (κ2) is 8.43. The number of nitrogens with one attached hydrogen (secondary N) is 1. The average molecular weight is 383 g/mol. The van der Waals surface area contributed by atoms with Gasteiger partial charge in [-0.15, -0.1) is 0 Å². The minimum atomic E-state index is -1.31. The molecule has 5 heteroatoms. The predicted octanol–water partition coefficient (Wildman–Crippen LogP) is 2.49. The van der Waals surface area contributed by atoms with Crippen LogP contribution in [0.25, 0.3) is 0 Å². The number of hydrogen-bond donors (Lipinski definition) is 3. The number of β-amino-alcohol motifs (C(OH)–C–C–N with tert-alkyl or cyclic N) is 1. The lowest BCUT2D eigenvalue weighted by molar-refractivity contribution is -0.142. The number of rotatable bonds is 5. The summed E-state index contributed by atoms with van der Waals surface area (Å²) in [5.74, 6) is -0.497. The number of carbonyl (C=O) groups is 1. The number of amides is 1. The van der Waals surface area contributed by atoms with E-state index < -0.39 is 23.8 Å². The van der Waals surface area contributed by atoms with E-state index in [1.54, 1.807) is 4.90 Å². The van der Waals surface area contributed by atoms with Crippen LogP contribution >= 0.6 is 0 Å². The van der Waals surface area contributed by atoms with Crippen molar-refractivity contribution in [1.82, 2.24) is 10.2 Å². The van der Waals surface area contributed by atoms with Crippen molar-refractivity contribution >= 4 is 5.91 Å². The van der Waals surface area contributed by atoms with Crippen molar-refractivity contribution in [2.24, 2.45) is 0 Å². The van der Waals surface area contributed by atoms with Crippen molar-refractivity contribution in [3.63, 3.8) is 0 Å². The fourth-order valence-corrected chi connectivity index (χ4v) is 4.02. The Balaban J connectivity index is 1.95. The molecule has 1 aliphatic heterocycles. The molecule has 3 atom stereocenters. The van der Waals surface area contributed by atoms with E-state index in [4.69, 9.17) is 0 Å². The van der Waals surface area contributed by atoms with Gasteiger partial charge in [0, 0.05) is 24.0 Å². The molecule has 5 nitrogen and oxygen atoms in total. The van der Waals surface area contributed by atoms with Crippen molar-refractivity contribution in [2.75, 3.05) is 6.54 Å². The Morgan fingerprint density at radius 3 is 2.00 bits per heavy atom. The Labute approximate surface area is 167 Å². The molecule has 3 unspecified atom stereocenters. The molecule has 1 saturated heterocycles. The summed E-state index contributed by atoms with van der Waals surface area (Å²) in [6.07, 6.45) is -1.40. The van der Waals surface area contributed by atoms with Gasteiger partial charge in [-0.1, -0.05) is 60.7 Å². The van der Waals surface area contributed by atoms with Crippen LogP contribution in [0.1, 0.15) is 44.2 Å². The van der Waals surface area contributed by atoms with Crippen LogP contribution in [0.3, 0.4) is 0 Å². The van der Waals surface area contributed by atoms with Gasteiger partial charge in [-0.25, -0.2) is 0 Å². The number of hydrogen-bond acceptors (Lipinski definition) is 4. The van der Waals surface area contributed by atoms with Crippen LogP contribution in [0.4, 0.5) is 0 Å². The van der Waals surface area contributed by atoms with E-state index in [2.05, 4.69) is 29.6 Å². The number of carbonyl (C=O) groups excluding carboxylic acids is 1. The molecule has 150 valence electrons. The first-order valence-electron chi connectivity index (χ1n) is 9.80. The van der Waals surface area contributed by atoms with Gasteiger partial charge < -0.3 is 15.5 Å². The molecule has 0 radical (unpaired) electrons. The van der Waals surface area contributed by atoms with E-state index in [1.165, 1.54) is 0 Å². The van der Waals surface area contributed by atoms with Crippen LogP contribution in [0.15, 0.2) is 60.7 Å². The average Bonchev–Trinajstić information content (AvgIpc) is 3.03. The minimum absolute atomic E-state index is 0.0587. The zero-order valence-corrected chi connectivity index (χ0v) is 16.7. The zero-order valence-electron chi connectivity index (χ0n) is 16.7. The highest BCUT2D eigenvalue weighted by atomic mass is 16.3. The maximum Gasteiger partial charge on any atom is 0.264 e. The van der Waals surface area contributed by atoms with Crippen LogP contribution < -0.4 is 5.32 Å². The van der Waals surface area contributed by atoms with Crippen LogP contribution in [-0.2, 0) is 4.79 Å². The van der Waals surface area contributed by atoms with Gasteiger partial charge in [0.15, 0.2) is 6.23 Å². The summed E-state index contributed by atoms with van der Waals surface area (Å²) in [5, 5.41) is 24.0. The molecule has 0 aliphatic carbocycles. The summed E-state index contributed by atoms with van der Waals surface area (Å²) < 4.78 is 0. The molecule has 1 heterocycles. The van der Waals surface area contributed by atoms with Crippen LogP contribution in [0.5, 0.6) is 0 Å². The molecule has 0 aromatic heterocycles. The van der Waals surface area contributed by atoms with Gasteiger partial charge in [0.25, 0.3) is 5.91 Å². The second-order valence-electron chi connectivity index (χ2n) is 8.57. The van der Waals surface area contributed by atoms with E-state index in [0.29, 0.717) is 6.42 Å². The molecule has 28 heavy (non-hydrogen) atoms. The maximum atomic E-state index is 12.6. The van der Waals surface area contributed by atoms with E-state index in [-0.39, 0.29) is 18.5 Å². The molecule has 0 bridgehead atoms. The first-order valence-corrected chi connectivity index (χ1v) is 9.80. The lowest BCUT2D eigenvalue weighted by Gasteiger charge is -2.35. The van der Waals surface area contributed by atoms with E-state index in [9.17, 15) is 15.0 Å². The highest BCUT2D eigenvalue weighted by molar-refractivity contribution is 5.80. The molecule has 2 aromatic rings. The van der Waals surface area contributed by atoms with Gasteiger partial charge >= 0.3 is 0 Å². The van der Waals surface area contributed by atoms with E-state index >= 15 is 0 Å². The number of aliphatic hydroxyl groups is 2. The number of aliphatic hydroxyl groups excluding tert-OH is 2. The minimum Gasteiger partial charge on any atom is -0.392 e. The zero-order chi connectivity index (χ0) is 20.3. The molecular formula is C23H30N2O3. The monoisotopic (exact) mass is 382 g/mol. The van der Waals surface area contributed by atoms with Crippen molar-refractivity contribution in [2.45, 2.75) is 57.0 Å². The summed E-state index contributed by atoms with van der Waals surface area (Å²) in [6, 6.07) is 19.9. The van der Waals surface area contributed by atoms with Gasteiger partial charge in [-0.2, -0.15) is 0 Å². The number of benzene rings is 2. The molecule has 1 aliphatic rings. The Morgan fingerprint density at radius 2 is 1.54 bits per heavy atom. The molecule has 1 fully saturated rings.